The van der Waals surface area contributed by atoms with Gasteiger partial charge in [0.15, 0.2) is 0 Å². The summed E-state index contributed by atoms with van der Waals surface area (Å²) in [4.78, 5) is 22.1. The molecule has 0 aliphatic carbocycles. The minimum absolute atomic E-state index is 0.0738. The Morgan fingerprint density at radius 3 is 2.45 bits per heavy atom. The van der Waals surface area contributed by atoms with Gasteiger partial charge in [-0.1, -0.05) is 0 Å². The Morgan fingerprint density at radius 2 is 1.90 bits per heavy atom. The Labute approximate surface area is 115 Å². The lowest BCUT2D eigenvalue weighted by molar-refractivity contribution is -0.249. The highest BCUT2D eigenvalue weighted by Crippen LogP contribution is 2.30. The highest BCUT2D eigenvalue weighted by molar-refractivity contribution is 5.80. The Bertz CT molecular complexity index is 353. The summed E-state index contributed by atoms with van der Waals surface area (Å²) in [5, 5.41) is 47.2. The third-order valence-electron chi connectivity index (χ3n) is 3.39. The van der Waals surface area contributed by atoms with Gasteiger partial charge in [0, 0.05) is 19.3 Å². The van der Waals surface area contributed by atoms with Crippen molar-refractivity contribution < 1.29 is 39.9 Å². The fourth-order valence-electron chi connectivity index (χ4n) is 2.24. The second-order valence-corrected chi connectivity index (χ2v) is 4.97. The molecule has 0 spiro atoms. The lowest BCUT2D eigenvalue weighted by Gasteiger charge is -2.44. The summed E-state index contributed by atoms with van der Waals surface area (Å²) >= 11 is 0. The van der Waals surface area contributed by atoms with Crippen molar-refractivity contribution in [2.75, 3.05) is 13.2 Å². The SMILES string of the molecule is O=C(O)CCCC(=O)C[C@@]1(O)[C@H](O)[C@@H](O)CO[C@@H]1CO. The Morgan fingerprint density at radius 1 is 1.25 bits per heavy atom. The summed E-state index contributed by atoms with van der Waals surface area (Å²) < 4.78 is 5.01. The molecule has 4 atom stereocenters. The lowest BCUT2D eigenvalue weighted by Crippen LogP contribution is -2.64. The van der Waals surface area contributed by atoms with E-state index >= 15 is 0 Å². The molecule has 116 valence electrons. The number of carbonyl (C=O) groups excluding carboxylic acids is 1. The Kier molecular flexibility index (Phi) is 6.03. The van der Waals surface area contributed by atoms with Crippen LogP contribution in [0.25, 0.3) is 0 Å². The monoisotopic (exact) mass is 292 g/mol. The topological polar surface area (TPSA) is 145 Å². The zero-order chi connectivity index (χ0) is 15.3. The number of Topliss-reactive ketones (excluding diaryl/α,β-unsaturated/α-hetero) is 1. The van der Waals surface area contributed by atoms with Gasteiger partial charge in [0.1, 0.15) is 29.7 Å². The van der Waals surface area contributed by atoms with Crippen LogP contribution in [-0.2, 0) is 14.3 Å². The van der Waals surface area contributed by atoms with Crippen molar-refractivity contribution in [2.24, 2.45) is 0 Å². The van der Waals surface area contributed by atoms with Gasteiger partial charge >= 0.3 is 5.97 Å². The van der Waals surface area contributed by atoms with Crippen molar-refractivity contribution in [2.45, 2.75) is 49.6 Å². The maximum absolute atomic E-state index is 11.7. The number of ketones is 1. The van der Waals surface area contributed by atoms with E-state index < -0.39 is 48.7 Å². The average molecular weight is 292 g/mol. The molecule has 0 bridgehead atoms. The fourth-order valence-corrected chi connectivity index (χ4v) is 2.24. The van der Waals surface area contributed by atoms with E-state index in [1.807, 2.05) is 0 Å². The smallest absolute Gasteiger partial charge is 0.303 e. The molecule has 20 heavy (non-hydrogen) atoms. The van der Waals surface area contributed by atoms with Crippen LogP contribution >= 0.6 is 0 Å². The van der Waals surface area contributed by atoms with E-state index in [9.17, 15) is 24.9 Å². The average Bonchev–Trinajstić information content (AvgIpc) is 2.36. The molecule has 0 aromatic carbocycles. The van der Waals surface area contributed by atoms with Crippen molar-refractivity contribution in [1.82, 2.24) is 0 Å². The molecule has 1 fully saturated rings. The first-order valence-electron chi connectivity index (χ1n) is 6.35. The first kappa shape index (κ1) is 17.0. The van der Waals surface area contributed by atoms with Gasteiger partial charge in [-0.15, -0.1) is 0 Å². The van der Waals surface area contributed by atoms with Crippen LogP contribution in [0, 0.1) is 0 Å². The molecule has 0 saturated carbocycles. The summed E-state index contributed by atoms with van der Waals surface area (Å²) in [6, 6.07) is 0. The normalized spacial score (nSPS) is 33.9. The van der Waals surface area contributed by atoms with Crippen LogP contribution in [0.4, 0.5) is 0 Å². The number of ether oxygens (including phenoxy) is 1. The van der Waals surface area contributed by atoms with Crippen molar-refractivity contribution >= 4 is 11.8 Å². The number of hydrogen-bond donors (Lipinski definition) is 5. The van der Waals surface area contributed by atoms with E-state index in [0.29, 0.717) is 0 Å². The molecular weight excluding hydrogens is 272 g/mol. The minimum atomic E-state index is -2.08. The third kappa shape index (κ3) is 3.97. The van der Waals surface area contributed by atoms with Gasteiger partial charge in [-0.05, 0) is 6.42 Å². The summed E-state index contributed by atoms with van der Waals surface area (Å²) in [5.74, 6) is -1.50. The predicted molar refractivity (Wildman–Crippen MR) is 64.9 cm³/mol. The lowest BCUT2D eigenvalue weighted by atomic mass is 9.80. The van der Waals surface area contributed by atoms with Gasteiger partial charge in [-0.3, -0.25) is 9.59 Å². The van der Waals surface area contributed by atoms with E-state index in [-0.39, 0.29) is 25.9 Å². The number of carboxylic acids is 1. The van der Waals surface area contributed by atoms with E-state index in [2.05, 4.69) is 0 Å². The molecule has 1 aliphatic rings. The summed E-state index contributed by atoms with van der Waals surface area (Å²) in [6.45, 7) is -0.857. The number of hydrogen-bond acceptors (Lipinski definition) is 7. The van der Waals surface area contributed by atoms with Crippen LogP contribution < -0.4 is 0 Å². The van der Waals surface area contributed by atoms with Crippen molar-refractivity contribution in [1.29, 1.82) is 0 Å². The number of aliphatic hydroxyl groups excluding tert-OH is 3. The van der Waals surface area contributed by atoms with Gasteiger partial charge in [-0.25, -0.2) is 0 Å². The van der Waals surface area contributed by atoms with Crippen molar-refractivity contribution in [3.05, 3.63) is 0 Å². The van der Waals surface area contributed by atoms with Crippen LogP contribution in [0.1, 0.15) is 25.7 Å². The first-order valence-corrected chi connectivity index (χ1v) is 6.35. The van der Waals surface area contributed by atoms with Gasteiger partial charge in [0.05, 0.1) is 13.2 Å². The first-order chi connectivity index (χ1) is 9.31. The largest absolute Gasteiger partial charge is 0.481 e. The molecule has 1 saturated heterocycles. The van der Waals surface area contributed by atoms with Gasteiger partial charge in [0.25, 0.3) is 0 Å². The summed E-state index contributed by atoms with van der Waals surface area (Å²) in [7, 11) is 0. The van der Waals surface area contributed by atoms with Gasteiger partial charge < -0.3 is 30.3 Å². The highest BCUT2D eigenvalue weighted by Gasteiger charge is 2.51. The summed E-state index contributed by atoms with van der Waals surface area (Å²) in [5.41, 5.74) is -2.08. The van der Waals surface area contributed by atoms with Crippen LogP contribution in [0.2, 0.25) is 0 Å². The van der Waals surface area contributed by atoms with Gasteiger partial charge in [0.2, 0.25) is 0 Å². The maximum Gasteiger partial charge on any atom is 0.303 e. The zero-order valence-electron chi connectivity index (χ0n) is 10.9. The maximum atomic E-state index is 11.7. The molecule has 0 radical (unpaired) electrons. The molecule has 8 nitrogen and oxygen atoms in total. The molecule has 5 N–H and O–H groups in total. The Hall–Kier alpha value is -1.06. The second-order valence-electron chi connectivity index (χ2n) is 4.97. The van der Waals surface area contributed by atoms with Crippen molar-refractivity contribution in [3.63, 3.8) is 0 Å². The van der Waals surface area contributed by atoms with E-state index in [4.69, 9.17) is 14.9 Å². The summed E-state index contributed by atoms with van der Waals surface area (Å²) in [6.07, 6.45) is -4.79. The van der Waals surface area contributed by atoms with Crippen LogP contribution in [0.3, 0.4) is 0 Å². The second kappa shape index (κ2) is 7.09. The zero-order valence-corrected chi connectivity index (χ0v) is 10.9. The standard InChI is InChI=1S/C12H20O8/c13-5-9-12(19,11(18)8(15)6-20-9)4-7(14)2-1-3-10(16)17/h8-9,11,13,15,18-19H,1-6H2,(H,16,17)/t8-,9+,11+,12-/m0/s1. The quantitative estimate of drug-likeness (QED) is 0.364. The molecule has 8 heteroatoms. The highest BCUT2D eigenvalue weighted by atomic mass is 16.5. The molecule has 1 heterocycles. The predicted octanol–water partition coefficient (Wildman–Crippen LogP) is -1.96. The van der Waals surface area contributed by atoms with Crippen molar-refractivity contribution in [3.8, 4) is 0 Å². The number of carboxylic acid groups (broad SMARTS) is 1. The molecular formula is C12H20O8. The molecule has 1 rings (SSSR count). The molecule has 1 aliphatic heterocycles. The molecule has 0 unspecified atom stereocenters. The van der Waals surface area contributed by atoms with E-state index in [0.717, 1.165) is 0 Å². The van der Waals surface area contributed by atoms with Crippen LogP contribution in [0.5, 0.6) is 0 Å². The van der Waals surface area contributed by atoms with E-state index in [1.54, 1.807) is 0 Å². The van der Waals surface area contributed by atoms with Crippen LogP contribution in [-0.4, -0.2) is 74.4 Å². The number of aliphatic carboxylic acids is 1. The molecule has 0 aromatic heterocycles. The minimum Gasteiger partial charge on any atom is -0.481 e. The number of carbonyl (C=O) groups is 2. The number of rotatable bonds is 7. The Balaban J connectivity index is 2.64. The number of aliphatic hydroxyl groups is 4. The fraction of sp³-hybridized carbons (Fsp3) is 0.833. The molecule has 0 aromatic rings. The third-order valence-corrected chi connectivity index (χ3v) is 3.39. The van der Waals surface area contributed by atoms with Gasteiger partial charge in [-0.2, -0.15) is 0 Å². The van der Waals surface area contributed by atoms with Crippen LogP contribution in [0.15, 0.2) is 0 Å². The molecule has 0 amide bonds. The van der Waals surface area contributed by atoms with E-state index in [1.165, 1.54) is 0 Å².